The predicted octanol–water partition coefficient (Wildman–Crippen LogP) is 3.69. The minimum atomic E-state index is -0.618. The normalized spacial score (nSPS) is 37.3. The standard InChI is InChI=1S/C27H40O7/c1-17(7-11-25-26(30)27(16-32-27)12-13-31-25)6-10-24-18(2)14-22(20(4)34-24)15-23(29)9-8-19(3)33-21(5)28/h6-9,11,18-20,22,24-26,30H,10,12-16H2,1-5H3/b9-8-,11-7+,17-6+/t18-,19-,20+,22-,24-,25+,26+,27+/m0/s1. The highest BCUT2D eigenvalue weighted by Crippen LogP contribution is 2.40. The molecule has 3 aliphatic heterocycles. The largest absolute Gasteiger partial charge is 0.459 e. The van der Waals surface area contributed by atoms with Crippen LogP contribution in [0.5, 0.6) is 0 Å². The van der Waals surface area contributed by atoms with E-state index in [4.69, 9.17) is 18.9 Å². The van der Waals surface area contributed by atoms with Crippen LogP contribution in [0.2, 0.25) is 0 Å². The molecule has 0 aromatic carbocycles. The van der Waals surface area contributed by atoms with E-state index in [0.29, 0.717) is 25.6 Å². The Morgan fingerprint density at radius 2 is 1.97 bits per heavy atom. The van der Waals surface area contributed by atoms with Crippen LogP contribution in [0.25, 0.3) is 0 Å². The van der Waals surface area contributed by atoms with Crippen molar-refractivity contribution in [2.45, 2.75) is 96.4 Å². The number of epoxide rings is 1. The lowest BCUT2D eigenvalue weighted by atomic mass is 9.81. The highest BCUT2D eigenvalue weighted by Gasteiger charge is 2.55. The second kappa shape index (κ2) is 11.8. The third-order valence-corrected chi connectivity index (χ3v) is 7.15. The van der Waals surface area contributed by atoms with E-state index in [9.17, 15) is 14.7 Å². The topological polar surface area (TPSA) is 94.6 Å². The van der Waals surface area contributed by atoms with Crippen molar-refractivity contribution in [3.63, 3.8) is 0 Å². The van der Waals surface area contributed by atoms with Gasteiger partial charge in [-0.3, -0.25) is 9.59 Å². The van der Waals surface area contributed by atoms with Crippen LogP contribution in [0.1, 0.15) is 60.3 Å². The van der Waals surface area contributed by atoms with Crippen LogP contribution in [0.15, 0.2) is 36.0 Å². The Labute approximate surface area is 203 Å². The smallest absolute Gasteiger partial charge is 0.303 e. The van der Waals surface area contributed by atoms with Crippen molar-refractivity contribution in [1.82, 2.24) is 0 Å². The number of carbonyl (C=O) groups is 2. The van der Waals surface area contributed by atoms with Crippen molar-refractivity contribution in [2.75, 3.05) is 13.2 Å². The lowest BCUT2D eigenvalue weighted by Gasteiger charge is -2.38. The molecule has 190 valence electrons. The van der Waals surface area contributed by atoms with E-state index < -0.39 is 12.2 Å². The van der Waals surface area contributed by atoms with Crippen molar-refractivity contribution in [3.05, 3.63) is 36.0 Å². The quantitative estimate of drug-likeness (QED) is 0.235. The number of rotatable bonds is 9. The van der Waals surface area contributed by atoms with E-state index in [1.165, 1.54) is 13.0 Å². The first-order chi connectivity index (χ1) is 16.1. The molecule has 8 atom stereocenters. The molecule has 3 saturated heterocycles. The number of ketones is 1. The molecule has 0 unspecified atom stereocenters. The molecule has 3 aliphatic rings. The predicted molar refractivity (Wildman–Crippen MR) is 128 cm³/mol. The van der Waals surface area contributed by atoms with Gasteiger partial charge in [0.1, 0.15) is 23.9 Å². The van der Waals surface area contributed by atoms with Gasteiger partial charge in [-0.25, -0.2) is 0 Å². The highest BCUT2D eigenvalue weighted by atomic mass is 16.6. The molecule has 0 bridgehead atoms. The number of hydrogen-bond acceptors (Lipinski definition) is 7. The number of allylic oxidation sites excluding steroid dienone is 3. The monoisotopic (exact) mass is 476 g/mol. The Kier molecular flexibility index (Phi) is 9.27. The molecule has 3 heterocycles. The summed E-state index contributed by atoms with van der Waals surface area (Å²) in [5.41, 5.74) is 0.709. The molecule has 0 saturated carbocycles. The summed E-state index contributed by atoms with van der Waals surface area (Å²) in [4.78, 5) is 23.4. The van der Waals surface area contributed by atoms with Gasteiger partial charge in [0.2, 0.25) is 0 Å². The zero-order chi connectivity index (χ0) is 24.9. The van der Waals surface area contributed by atoms with Crippen molar-refractivity contribution >= 4 is 11.8 Å². The van der Waals surface area contributed by atoms with Crippen LogP contribution in [0.3, 0.4) is 0 Å². The summed E-state index contributed by atoms with van der Waals surface area (Å²) in [6.45, 7) is 10.6. The fraction of sp³-hybridized carbons (Fsp3) is 0.704. The Hall–Kier alpha value is -1.80. The Bertz CT molecular complexity index is 810. The molecular weight excluding hydrogens is 436 g/mol. The molecule has 1 spiro atoms. The first-order valence-electron chi connectivity index (χ1n) is 12.4. The summed E-state index contributed by atoms with van der Waals surface area (Å²) in [5.74, 6) is 0.164. The second-order valence-corrected chi connectivity index (χ2v) is 10.1. The molecule has 1 N–H and O–H groups in total. The summed E-state index contributed by atoms with van der Waals surface area (Å²) >= 11 is 0. The van der Waals surface area contributed by atoms with Crippen LogP contribution < -0.4 is 0 Å². The number of ether oxygens (including phenoxy) is 4. The number of carbonyl (C=O) groups excluding carboxylic acids is 2. The molecule has 3 rings (SSSR count). The zero-order valence-electron chi connectivity index (χ0n) is 21.1. The van der Waals surface area contributed by atoms with E-state index in [2.05, 4.69) is 13.0 Å². The van der Waals surface area contributed by atoms with Gasteiger partial charge in [0.05, 0.1) is 25.4 Å². The van der Waals surface area contributed by atoms with Gasteiger partial charge in [0.25, 0.3) is 0 Å². The Morgan fingerprint density at radius 3 is 2.65 bits per heavy atom. The molecule has 7 heteroatoms. The van der Waals surface area contributed by atoms with E-state index in [1.54, 1.807) is 13.0 Å². The maximum atomic E-state index is 12.4. The van der Waals surface area contributed by atoms with Gasteiger partial charge in [-0.05, 0) is 57.6 Å². The summed E-state index contributed by atoms with van der Waals surface area (Å²) < 4.78 is 22.5. The molecule has 34 heavy (non-hydrogen) atoms. The zero-order valence-corrected chi connectivity index (χ0v) is 21.1. The molecule has 0 aromatic rings. The SMILES string of the molecule is CC(=O)O[C@@H](C)/C=C\C(=O)C[C@@H]1C[C@H](C)[C@H](C/C=C(C)/C=C/[C@H]2OCC[C@@]3(CO3)[C@@H]2O)O[C@@H]1C. The molecular formula is C27H40O7. The summed E-state index contributed by atoms with van der Waals surface area (Å²) in [6, 6.07) is 0. The van der Waals surface area contributed by atoms with Crippen LogP contribution in [0.4, 0.5) is 0 Å². The first kappa shape index (κ1) is 26.8. The Morgan fingerprint density at radius 1 is 1.24 bits per heavy atom. The third kappa shape index (κ3) is 7.35. The van der Waals surface area contributed by atoms with Gasteiger partial charge in [0.15, 0.2) is 5.78 Å². The van der Waals surface area contributed by atoms with Crippen molar-refractivity contribution in [2.24, 2.45) is 11.8 Å². The molecule has 0 aromatic heterocycles. The minimum Gasteiger partial charge on any atom is -0.459 e. The average molecular weight is 477 g/mol. The van der Waals surface area contributed by atoms with Crippen molar-refractivity contribution in [3.8, 4) is 0 Å². The van der Waals surface area contributed by atoms with E-state index in [-0.39, 0.29) is 41.6 Å². The van der Waals surface area contributed by atoms with Gasteiger partial charge in [-0.1, -0.05) is 30.7 Å². The third-order valence-electron chi connectivity index (χ3n) is 7.15. The highest BCUT2D eigenvalue weighted by molar-refractivity contribution is 5.89. The van der Waals surface area contributed by atoms with Gasteiger partial charge >= 0.3 is 5.97 Å². The molecule has 7 nitrogen and oxygen atoms in total. The van der Waals surface area contributed by atoms with Crippen molar-refractivity contribution in [1.29, 1.82) is 0 Å². The molecule has 3 fully saturated rings. The molecule has 0 aliphatic carbocycles. The minimum absolute atomic E-state index is 0.00536. The average Bonchev–Trinajstić information content (AvgIpc) is 3.54. The molecule has 0 radical (unpaired) electrons. The number of esters is 1. The fourth-order valence-electron chi connectivity index (χ4n) is 4.84. The van der Waals surface area contributed by atoms with Crippen LogP contribution in [-0.2, 0) is 28.5 Å². The van der Waals surface area contributed by atoms with Crippen LogP contribution in [-0.4, -0.2) is 66.2 Å². The van der Waals surface area contributed by atoms with E-state index in [1.807, 2.05) is 26.0 Å². The molecule has 0 amide bonds. The Balaban J connectivity index is 1.45. The number of aliphatic hydroxyl groups is 1. The number of hydrogen-bond donors (Lipinski definition) is 1. The summed E-state index contributed by atoms with van der Waals surface area (Å²) in [7, 11) is 0. The summed E-state index contributed by atoms with van der Waals surface area (Å²) in [5, 5.41) is 10.5. The number of aliphatic hydroxyl groups excluding tert-OH is 1. The van der Waals surface area contributed by atoms with Gasteiger partial charge in [-0.2, -0.15) is 0 Å². The maximum absolute atomic E-state index is 12.4. The van der Waals surface area contributed by atoms with Gasteiger partial charge < -0.3 is 24.1 Å². The fourth-order valence-corrected chi connectivity index (χ4v) is 4.84. The van der Waals surface area contributed by atoms with Crippen LogP contribution >= 0.6 is 0 Å². The van der Waals surface area contributed by atoms with Gasteiger partial charge in [0, 0.05) is 19.8 Å². The van der Waals surface area contributed by atoms with E-state index >= 15 is 0 Å². The van der Waals surface area contributed by atoms with E-state index in [0.717, 1.165) is 24.8 Å². The second-order valence-electron chi connectivity index (χ2n) is 10.1. The maximum Gasteiger partial charge on any atom is 0.303 e. The first-order valence-corrected chi connectivity index (χ1v) is 12.4. The van der Waals surface area contributed by atoms with Crippen molar-refractivity contribution < 1.29 is 33.6 Å². The van der Waals surface area contributed by atoms with Crippen LogP contribution in [0, 0.1) is 11.8 Å². The van der Waals surface area contributed by atoms with Gasteiger partial charge in [-0.15, -0.1) is 0 Å². The lowest BCUT2D eigenvalue weighted by molar-refractivity contribution is -0.143. The lowest BCUT2D eigenvalue weighted by Crippen LogP contribution is -2.46. The summed E-state index contributed by atoms with van der Waals surface area (Å²) in [6.07, 6.45) is 10.8.